The molecule has 0 aliphatic rings. The van der Waals surface area contributed by atoms with Crippen LogP contribution in [0.2, 0.25) is 36.3 Å². The molecule has 0 aliphatic carbocycles. The lowest BCUT2D eigenvalue weighted by Gasteiger charge is -2.44. The maximum atomic E-state index is 13.0. The maximum absolute atomic E-state index is 13.0. The van der Waals surface area contributed by atoms with Gasteiger partial charge in [0.2, 0.25) is 0 Å². The first kappa shape index (κ1) is 30.5. The van der Waals surface area contributed by atoms with Crippen molar-refractivity contribution in [2.24, 2.45) is 0 Å². The molecule has 0 spiro atoms. The Labute approximate surface area is 193 Å². The second-order valence-corrected chi connectivity index (χ2v) is 24.3. The predicted octanol–water partition coefficient (Wildman–Crippen LogP) is 7.01. The van der Waals surface area contributed by atoms with Crippen molar-refractivity contribution in [3.63, 3.8) is 0 Å². The van der Waals surface area contributed by atoms with Gasteiger partial charge in [-0.2, -0.15) is 0 Å². The summed E-state index contributed by atoms with van der Waals surface area (Å²) in [4.78, 5) is 0. The molecule has 30 heavy (non-hydrogen) atoms. The second-order valence-electron chi connectivity index (χ2n) is 12.7. The lowest BCUT2D eigenvalue weighted by atomic mass is 10.1. The summed E-state index contributed by atoms with van der Waals surface area (Å²) < 4.78 is 29.7. The first-order chi connectivity index (χ1) is 13.2. The quantitative estimate of drug-likeness (QED) is 0.324. The molecule has 0 saturated heterocycles. The van der Waals surface area contributed by atoms with Crippen LogP contribution in [0.1, 0.15) is 88.5 Å². The molecule has 7 heteroatoms. The van der Waals surface area contributed by atoms with Crippen LogP contribution in [0.5, 0.6) is 0 Å². The monoisotopic (exact) mass is 479 g/mol. The van der Waals surface area contributed by atoms with Crippen LogP contribution >= 0.6 is 0 Å². The van der Waals surface area contributed by atoms with Crippen molar-refractivity contribution < 1.29 is 13.1 Å². The van der Waals surface area contributed by atoms with Crippen LogP contribution in [0, 0.1) is 0 Å². The molecule has 0 aromatic rings. The summed E-state index contributed by atoms with van der Waals surface area (Å²) >= 11 is 0. The molecule has 3 atom stereocenters. The van der Waals surface area contributed by atoms with Crippen molar-refractivity contribution in [3.8, 4) is 0 Å². The first-order valence-electron chi connectivity index (χ1n) is 11.7. The van der Waals surface area contributed by atoms with Crippen LogP contribution < -0.4 is 4.72 Å². The van der Waals surface area contributed by atoms with Gasteiger partial charge in [0.25, 0.3) is 0 Å². The molecule has 0 aliphatic heterocycles. The van der Waals surface area contributed by atoms with Gasteiger partial charge in [-0.3, -0.25) is 0 Å². The molecule has 0 saturated carbocycles. The molecule has 0 unspecified atom stereocenters. The van der Waals surface area contributed by atoms with E-state index in [2.05, 4.69) is 79.4 Å². The fourth-order valence-corrected chi connectivity index (χ4v) is 5.61. The SMILES string of the molecule is CCCC[C@@H](N[S@@](=O)C(C)(C)C)[C@@H](CO[Si](C)(C)C(C)(C)C)O[Si](C)(C)C(C)(C)C. The summed E-state index contributed by atoms with van der Waals surface area (Å²) in [5.74, 6) is 0. The van der Waals surface area contributed by atoms with Crippen molar-refractivity contribution in [2.75, 3.05) is 6.61 Å². The summed E-state index contributed by atoms with van der Waals surface area (Å²) in [6.07, 6.45) is 3.03. The van der Waals surface area contributed by atoms with Gasteiger partial charge < -0.3 is 8.85 Å². The zero-order chi connectivity index (χ0) is 24.2. The van der Waals surface area contributed by atoms with Crippen molar-refractivity contribution >= 4 is 27.6 Å². The number of rotatable bonds is 11. The van der Waals surface area contributed by atoms with Crippen LogP contribution in [0.15, 0.2) is 0 Å². The smallest absolute Gasteiger partial charge is 0.192 e. The van der Waals surface area contributed by atoms with E-state index >= 15 is 0 Å². The number of hydrogen-bond donors (Lipinski definition) is 1. The van der Waals surface area contributed by atoms with Crippen molar-refractivity contribution in [3.05, 3.63) is 0 Å². The van der Waals surface area contributed by atoms with E-state index in [0.717, 1.165) is 19.3 Å². The summed E-state index contributed by atoms with van der Waals surface area (Å²) in [5, 5.41) is 0.260. The van der Waals surface area contributed by atoms with E-state index in [-0.39, 0.29) is 27.0 Å². The predicted molar refractivity (Wildman–Crippen MR) is 140 cm³/mol. The van der Waals surface area contributed by atoms with Crippen molar-refractivity contribution in [1.29, 1.82) is 0 Å². The minimum absolute atomic E-state index is 0.0175. The van der Waals surface area contributed by atoms with E-state index in [1.165, 1.54) is 0 Å². The van der Waals surface area contributed by atoms with Crippen LogP contribution in [0.4, 0.5) is 0 Å². The highest BCUT2D eigenvalue weighted by Gasteiger charge is 2.43. The van der Waals surface area contributed by atoms with Gasteiger partial charge in [0.15, 0.2) is 16.6 Å². The van der Waals surface area contributed by atoms with Crippen molar-refractivity contribution in [1.82, 2.24) is 4.72 Å². The second kappa shape index (κ2) is 11.1. The van der Waals surface area contributed by atoms with Crippen LogP contribution in [0.3, 0.4) is 0 Å². The zero-order valence-corrected chi connectivity index (χ0v) is 25.4. The molecule has 0 amide bonds. The zero-order valence-electron chi connectivity index (χ0n) is 22.6. The number of hydrogen-bond acceptors (Lipinski definition) is 3. The Morgan fingerprint density at radius 2 is 1.33 bits per heavy atom. The summed E-state index contributed by atoms with van der Waals surface area (Å²) in [6.45, 7) is 31.6. The molecular formula is C23H53NO3SSi2. The number of nitrogens with one attached hydrogen (secondary N) is 1. The Balaban J connectivity index is 5.89. The molecule has 0 radical (unpaired) electrons. The fourth-order valence-electron chi connectivity index (χ4n) is 2.35. The lowest BCUT2D eigenvalue weighted by molar-refractivity contribution is 0.0791. The van der Waals surface area contributed by atoms with Gasteiger partial charge in [-0.25, -0.2) is 8.93 Å². The van der Waals surface area contributed by atoms with Crippen LogP contribution in [-0.2, 0) is 19.8 Å². The van der Waals surface area contributed by atoms with Gasteiger partial charge in [0.05, 0.1) is 28.4 Å². The van der Waals surface area contributed by atoms with Gasteiger partial charge >= 0.3 is 0 Å². The molecule has 4 nitrogen and oxygen atoms in total. The fraction of sp³-hybridized carbons (Fsp3) is 1.00. The van der Waals surface area contributed by atoms with E-state index in [1.54, 1.807) is 0 Å². The minimum atomic E-state index is -2.01. The normalized spacial score (nSPS) is 17.7. The molecule has 0 fully saturated rings. The van der Waals surface area contributed by atoms with Gasteiger partial charge in [0.1, 0.15) is 0 Å². The summed E-state index contributed by atoms with van der Waals surface area (Å²) in [7, 11) is -5.07. The van der Waals surface area contributed by atoms with Gasteiger partial charge in [-0.05, 0) is 63.5 Å². The van der Waals surface area contributed by atoms with E-state index in [1.807, 2.05) is 20.8 Å². The highest BCUT2D eigenvalue weighted by Crippen LogP contribution is 2.39. The summed E-state index contributed by atoms with van der Waals surface area (Å²) in [5.41, 5.74) is 0. The number of unbranched alkanes of at least 4 members (excludes halogenated alkanes) is 1. The Morgan fingerprint density at radius 3 is 1.70 bits per heavy atom. The highest BCUT2D eigenvalue weighted by atomic mass is 32.2. The molecule has 0 bridgehead atoms. The Bertz CT molecular complexity index is 546. The Morgan fingerprint density at radius 1 is 0.867 bits per heavy atom. The van der Waals surface area contributed by atoms with Crippen LogP contribution in [-0.4, -0.2) is 44.3 Å². The first-order valence-corrected chi connectivity index (χ1v) is 18.6. The highest BCUT2D eigenvalue weighted by molar-refractivity contribution is 7.84. The third kappa shape index (κ3) is 9.53. The van der Waals surface area contributed by atoms with E-state index in [0.29, 0.717) is 6.61 Å². The van der Waals surface area contributed by atoms with Crippen molar-refractivity contribution in [2.45, 2.75) is 142 Å². The van der Waals surface area contributed by atoms with E-state index < -0.39 is 27.6 Å². The largest absolute Gasteiger partial charge is 0.414 e. The van der Waals surface area contributed by atoms with E-state index in [4.69, 9.17) is 8.85 Å². The third-order valence-electron chi connectivity index (χ3n) is 6.80. The van der Waals surface area contributed by atoms with Crippen LogP contribution in [0.25, 0.3) is 0 Å². The molecular weight excluding hydrogens is 426 g/mol. The molecule has 0 heterocycles. The average molecular weight is 480 g/mol. The van der Waals surface area contributed by atoms with Gasteiger partial charge in [-0.1, -0.05) is 61.3 Å². The molecule has 0 aromatic carbocycles. The molecule has 182 valence electrons. The Kier molecular flexibility index (Phi) is 11.2. The maximum Gasteiger partial charge on any atom is 0.192 e. The molecule has 0 aromatic heterocycles. The van der Waals surface area contributed by atoms with Gasteiger partial charge in [-0.15, -0.1) is 0 Å². The molecule has 1 N–H and O–H groups in total. The van der Waals surface area contributed by atoms with Gasteiger partial charge in [0, 0.05) is 6.04 Å². The minimum Gasteiger partial charge on any atom is -0.414 e. The average Bonchev–Trinajstić information content (AvgIpc) is 2.52. The lowest BCUT2D eigenvalue weighted by Crippen LogP contribution is -2.55. The molecule has 0 rings (SSSR count). The standard InChI is InChI=1S/C23H53NO3SSi2/c1-15-16-17-19(24-28(25)21(2,3)4)20(27-30(13,14)23(8,9)10)18-26-29(11,12)22(5,6)7/h19-20,24H,15-18H2,1-14H3/t19-,20-,28+/m1/s1. The summed E-state index contributed by atoms with van der Waals surface area (Å²) in [6, 6.07) is 0.0175. The van der Waals surface area contributed by atoms with E-state index in [9.17, 15) is 4.21 Å². The Hall–Kier alpha value is 0.464. The third-order valence-corrected chi connectivity index (χ3v) is 17.4. The topological polar surface area (TPSA) is 47.6 Å².